The van der Waals surface area contributed by atoms with Gasteiger partial charge in [0.25, 0.3) is 0 Å². The fourth-order valence-electron chi connectivity index (χ4n) is 1.74. The summed E-state index contributed by atoms with van der Waals surface area (Å²) in [6.07, 6.45) is 0.597. The van der Waals surface area contributed by atoms with Gasteiger partial charge in [-0.1, -0.05) is 25.1 Å². The zero-order chi connectivity index (χ0) is 11.4. The SMILES string of the molecule is CC[C@@H](C(=O)O)N(C)c1ccccc1C. The maximum Gasteiger partial charge on any atom is 0.326 e. The van der Waals surface area contributed by atoms with Crippen LogP contribution in [0.15, 0.2) is 24.3 Å². The molecule has 0 aliphatic rings. The molecule has 1 atom stereocenters. The second-order valence-electron chi connectivity index (χ2n) is 3.66. The second-order valence-corrected chi connectivity index (χ2v) is 3.66. The van der Waals surface area contributed by atoms with Crippen LogP contribution in [0.25, 0.3) is 0 Å². The van der Waals surface area contributed by atoms with Crippen molar-refractivity contribution in [1.82, 2.24) is 0 Å². The van der Waals surface area contributed by atoms with Crippen molar-refractivity contribution in [3.8, 4) is 0 Å². The van der Waals surface area contributed by atoms with Crippen LogP contribution < -0.4 is 4.90 Å². The van der Waals surface area contributed by atoms with Gasteiger partial charge in [-0.05, 0) is 25.0 Å². The van der Waals surface area contributed by atoms with E-state index in [1.807, 2.05) is 50.1 Å². The summed E-state index contributed by atoms with van der Waals surface area (Å²) in [6.45, 7) is 3.87. The molecule has 0 saturated carbocycles. The number of aliphatic carboxylic acids is 1. The highest BCUT2D eigenvalue weighted by atomic mass is 16.4. The van der Waals surface area contributed by atoms with Gasteiger partial charge in [0.15, 0.2) is 0 Å². The highest BCUT2D eigenvalue weighted by molar-refractivity contribution is 5.78. The topological polar surface area (TPSA) is 40.5 Å². The van der Waals surface area contributed by atoms with Gasteiger partial charge in [0.2, 0.25) is 0 Å². The van der Waals surface area contributed by atoms with E-state index in [2.05, 4.69) is 0 Å². The van der Waals surface area contributed by atoms with E-state index in [1.165, 1.54) is 0 Å². The normalized spacial score (nSPS) is 12.2. The molecule has 15 heavy (non-hydrogen) atoms. The van der Waals surface area contributed by atoms with Gasteiger partial charge in [0.05, 0.1) is 0 Å². The highest BCUT2D eigenvalue weighted by Gasteiger charge is 2.21. The summed E-state index contributed by atoms with van der Waals surface area (Å²) < 4.78 is 0. The number of hydrogen-bond acceptors (Lipinski definition) is 2. The molecular formula is C12H17NO2. The third-order valence-corrected chi connectivity index (χ3v) is 2.63. The number of likely N-dealkylation sites (N-methyl/N-ethyl adjacent to an activating group) is 1. The Balaban J connectivity index is 2.97. The van der Waals surface area contributed by atoms with Gasteiger partial charge >= 0.3 is 5.97 Å². The molecule has 1 aromatic rings. The Labute approximate surface area is 90.3 Å². The van der Waals surface area contributed by atoms with Crippen LogP contribution in [0, 0.1) is 6.92 Å². The van der Waals surface area contributed by atoms with Crippen molar-refractivity contribution >= 4 is 11.7 Å². The first-order valence-electron chi connectivity index (χ1n) is 5.09. The van der Waals surface area contributed by atoms with E-state index in [4.69, 9.17) is 5.11 Å². The summed E-state index contributed by atoms with van der Waals surface area (Å²) >= 11 is 0. The molecule has 0 bridgehead atoms. The van der Waals surface area contributed by atoms with Crippen molar-refractivity contribution in [3.05, 3.63) is 29.8 Å². The number of nitrogens with zero attached hydrogens (tertiary/aromatic N) is 1. The number of hydrogen-bond donors (Lipinski definition) is 1. The Hall–Kier alpha value is -1.51. The first-order valence-corrected chi connectivity index (χ1v) is 5.09. The Morgan fingerprint density at radius 2 is 2.07 bits per heavy atom. The number of carboxylic acids is 1. The largest absolute Gasteiger partial charge is 0.480 e. The van der Waals surface area contributed by atoms with E-state index in [0.717, 1.165) is 11.3 Å². The van der Waals surface area contributed by atoms with Crippen LogP contribution >= 0.6 is 0 Å². The van der Waals surface area contributed by atoms with E-state index in [-0.39, 0.29) is 0 Å². The minimum absolute atomic E-state index is 0.453. The highest BCUT2D eigenvalue weighted by Crippen LogP contribution is 2.21. The minimum Gasteiger partial charge on any atom is -0.480 e. The van der Waals surface area contributed by atoms with Crippen LogP contribution in [0.3, 0.4) is 0 Å². The van der Waals surface area contributed by atoms with Crippen molar-refractivity contribution in [1.29, 1.82) is 0 Å². The average molecular weight is 207 g/mol. The molecule has 0 spiro atoms. The first kappa shape index (κ1) is 11.6. The number of carboxylic acid groups (broad SMARTS) is 1. The lowest BCUT2D eigenvalue weighted by Gasteiger charge is -2.27. The predicted molar refractivity (Wildman–Crippen MR) is 61.3 cm³/mol. The number of aryl methyl sites for hydroxylation is 1. The molecule has 0 heterocycles. The van der Waals surface area contributed by atoms with Crippen LogP contribution in [0.2, 0.25) is 0 Å². The van der Waals surface area contributed by atoms with Gasteiger partial charge in [-0.15, -0.1) is 0 Å². The molecule has 1 rings (SSSR count). The second kappa shape index (κ2) is 4.82. The van der Waals surface area contributed by atoms with Crippen molar-refractivity contribution in [2.75, 3.05) is 11.9 Å². The van der Waals surface area contributed by atoms with Gasteiger partial charge in [-0.2, -0.15) is 0 Å². The van der Waals surface area contributed by atoms with E-state index in [0.29, 0.717) is 6.42 Å². The van der Waals surface area contributed by atoms with Crippen LogP contribution in [0.4, 0.5) is 5.69 Å². The minimum atomic E-state index is -0.775. The number of anilines is 1. The lowest BCUT2D eigenvalue weighted by Crippen LogP contribution is -2.38. The predicted octanol–water partition coefficient (Wildman–Crippen LogP) is 2.29. The molecule has 3 nitrogen and oxygen atoms in total. The molecular weight excluding hydrogens is 190 g/mol. The Morgan fingerprint density at radius 3 is 2.53 bits per heavy atom. The molecule has 0 fully saturated rings. The molecule has 0 aliphatic carbocycles. The van der Waals surface area contributed by atoms with E-state index >= 15 is 0 Å². The van der Waals surface area contributed by atoms with Crippen molar-refractivity contribution in [2.24, 2.45) is 0 Å². The third kappa shape index (κ3) is 2.49. The fourth-order valence-corrected chi connectivity index (χ4v) is 1.74. The lowest BCUT2D eigenvalue weighted by atomic mass is 10.1. The zero-order valence-electron chi connectivity index (χ0n) is 9.40. The van der Waals surface area contributed by atoms with Crippen LogP contribution in [0.1, 0.15) is 18.9 Å². The molecule has 3 heteroatoms. The molecule has 0 amide bonds. The Kier molecular flexibility index (Phi) is 3.72. The molecule has 0 aromatic heterocycles. The monoisotopic (exact) mass is 207 g/mol. The fraction of sp³-hybridized carbons (Fsp3) is 0.417. The van der Waals surface area contributed by atoms with Crippen LogP contribution in [-0.2, 0) is 4.79 Å². The number of para-hydroxylation sites is 1. The standard InChI is InChI=1S/C12H17NO2/c1-4-10(12(14)15)13(3)11-8-6-5-7-9(11)2/h5-8,10H,4H2,1-3H3,(H,14,15)/t10-/m0/s1. The maximum atomic E-state index is 11.0. The van der Waals surface area contributed by atoms with E-state index in [9.17, 15) is 4.79 Å². The Bertz CT molecular complexity index is 349. The van der Waals surface area contributed by atoms with Crippen LogP contribution in [0.5, 0.6) is 0 Å². The van der Waals surface area contributed by atoms with Gasteiger partial charge < -0.3 is 10.0 Å². The van der Waals surface area contributed by atoms with E-state index < -0.39 is 12.0 Å². The summed E-state index contributed by atoms with van der Waals surface area (Å²) in [5.74, 6) is -0.775. The number of rotatable bonds is 4. The average Bonchev–Trinajstić information content (AvgIpc) is 2.18. The first-order chi connectivity index (χ1) is 7.07. The lowest BCUT2D eigenvalue weighted by molar-refractivity contribution is -0.138. The quantitative estimate of drug-likeness (QED) is 0.823. The van der Waals surface area contributed by atoms with Gasteiger partial charge in [-0.3, -0.25) is 0 Å². The maximum absolute atomic E-state index is 11.0. The van der Waals surface area contributed by atoms with Crippen molar-refractivity contribution in [2.45, 2.75) is 26.3 Å². The van der Waals surface area contributed by atoms with Crippen molar-refractivity contribution < 1.29 is 9.90 Å². The molecule has 0 saturated heterocycles. The third-order valence-electron chi connectivity index (χ3n) is 2.63. The summed E-state index contributed by atoms with van der Waals surface area (Å²) in [5, 5.41) is 9.05. The van der Waals surface area contributed by atoms with Crippen LogP contribution in [-0.4, -0.2) is 24.2 Å². The summed E-state index contributed by atoms with van der Waals surface area (Å²) in [6, 6.07) is 7.36. The van der Waals surface area contributed by atoms with Crippen molar-refractivity contribution in [3.63, 3.8) is 0 Å². The zero-order valence-corrected chi connectivity index (χ0v) is 9.40. The van der Waals surface area contributed by atoms with E-state index in [1.54, 1.807) is 0 Å². The Morgan fingerprint density at radius 1 is 1.47 bits per heavy atom. The van der Waals surface area contributed by atoms with Gasteiger partial charge in [0, 0.05) is 12.7 Å². The summed E-state index contributed by atoms with van der Waals surface area (Å²) in [7, 11) is 1.82. The number of benzene rings is 1. The molecule has 0 aliphatic heterocycles. The molecule has 1 aromatic carbocycles. The smallest absolute Gasteiger partial charge is 0.326 e. The van der Waals surface area contributed by atoms with Gasteiger partial charge in [0.1, 0.15) is 6.04 Å². The molecule has 82 valence electrons. The van der Waals surface area contributed by atoms with Gasteiger partial charge in [-0.25, -0.2) is 4.79 Å². The molecule has 1 N–H and O–H groups in total. The molecule has 0 radical (unpaired) electrons. The molecule has 0 unspecified atom stereocenters. The summed E-state index contributed by atoms with van der Waals surface area (Å²) in [5.41, 5.74) is 2.08. The summed E-state index contributed by atoms with van der Waals surface area (Å²) in [4.78, 5) is 12.8. The number of carbonyl (C=O) groups is 1.